The summed E-state index contributed by atoms with van der Waals surface area (Å²) >= 11 is 0. The first-order valence-corrected chi connectivity index (χ1v) is 8.87. The van der Waals surface area contributed by atoms with E-state index in [-0.39, 0.29) is 0 Å². The van der Waals surface area contributed by atoms with Gasteiger partial charge in [-0.05, 0) is 56.8 Å². The van der Waals surface area contributed by atoms with Crippen LogP contribution in [0.2, 0.25) is 0 Å². The highest BCUT2D eigenvalue weighted by Gasteiger charge is 2.34. The van der Waals surface area contributed by atoms with Crippen molar-refractivity contribution in [3.8, 4) is 0 Å². The molecule has 1 heterocycles. The zero-order valence-corrected chi connectivity index (χ0v) is 14.5. The third kappa shape index (κ3) is 3.98. The molecule has 2 nitrogen and oxygen atoms in total. The lowest BCUT2D eigenvalue weighted by atomic mass is 9.66. The number of hydrogen-bond acceptors (Lipinski definition) is 2. The molecule has 1 aliphatic heterocycles. The molecule has 2 rings (SSSR count). The van der Waals surface area contributed by atoms with Crippen molar-refractivity contribution in [1.29, 1.82) is 0 Å². The molecule has 0 unspecified atom stereocenters. The average molecular weight is 280 g/mol. The van der Waals surface area contributed by atoms with Crippen molar-refractivity contribution in [3.05, 3.63) is 0 Å². The quantitative estimate of drug-likeness (QED) is 0.771. The molecule has 0 amide bonds. The minimum Gasteiger partial charge on any atom is -0.301 e. The van der Waals surface area contributed by atoms with Gasteiger partial charge in [0.25, 0.3) is 0 Å². The van der Waals surface area contributed by atoms with E-state index in [2.05, 4.69) is 44.4 Å². The molecule has 1 aliphatic carbocycles. The van der Waals surface area contributed by atoms with Crippen molar-refractivity contribution in [2.75, 3.05) is 32.7 Å². The van der Waals surface area contributed by atoms with Gasteiger partial charge >= 0.3 is 0 Å². The fraction of sp³-hybridized carbons (Fsp3) is 1.00. The summed E-state index contributed by atoms with van der Waals surface area (Å²) in [6.07, 6.45) is 5.81. The van der Waals surface area contributed by atoms with Crippen LogP contribution < -0.4 is 0 Å². The Morgan fingerprint density at radius 1 is 0.950 bits per heavy atom. The Labute approximate surface area is 126 Å². The highest BCUT2D eigenvalue weighted by Crippen LogP contribution is 2.44. The molecule has 2 aliphatic rings. The van der Waals surface area contributed by atoms with E-state index in [0.717, 1.165) is 17.9 Å². The fourth-order valence-electron chi connectivity index (χ4n) is 3.92. The third-order valence-corrected chi connectivity index (χ3v) is 6.29. The van der Waals surface area contributed by atoms with Crippen molar-refractivity contribution in [2.24, 2.45) is 17.3 Å². The number of rotatable bonds is 4. The summed E-state index contributed by atoms with van der Waals surface area (Å²) in [6, 6.07) is 0.721. The molecule has 1 saturated heterocycles. The summed E-state index contributed by atoms with van der Waals surface area (Å²) in [6.45, 7) is 18.5. The zero-order chi connectivity index (χ0) is 14.8. The number of piperazine rings is 1. The van der Waals surface area contributed by atoms with E-state index in [9.17, 15) is 0 Å². The van der Waals surface area contributed by atoms with Crippen molar-refractivity contribution in [1.82, 2.24) is 9.80 Å². The van der Waals surface area contributed by atoms with Crippen LogP contribution in [0.15, 0.2) is 0 Å². The zero-order valence-electron chi connectivity index (χ0n) is 14.5. The molecule has 118 valence electrons. The molecule has 2 heteroatoms. The second kappa shape index (κ2) is 6.79. The molecule has 0 radical (unpaired) electrons. The van der Waals surface area contributed by atoms with E-state index in [1.54, 1.807) is 0 Å². The second-order valence-corrected chi connectivity index (χ2v) is 8.18. The topological polar surface area (TPSA) is 6.48 Å². The highest BCUT2D eigenvalue weighted by molar-refractivity contribution is 4.86. The van der Waals surface area contributed by atoms with Crippen molar-refractivity contribution in [2.45, 2.75) is 66.3 Å². The van der Waals surface area contributed by atoms with E-state index in [4.69, 9.17) is 0 Å². The summed E-state index contributed by atoms with van der Waals surface area (Å²) in [7, 11) is 0. The lowest BCUT2D eigenvalue weighted by Gasteiger charge is -2.43. The molecule has 0 spiro atoms. The van der Waals surface area contributed by atoms with Gasteiger partial charge in [0, 0.05) is 38.8 Å². The van der Waals surface area contributed by atoms with E-state index >= 15 is 0 Å². The van der Waals surface area contributed by atoms with Gasteiger partial charge in [-0.25, -0.2) is 0 Å². The van der Waals surface area contributed by atoms with E-state index in [1.807, 2.05) is 0 Å². The van der Waals surface area contributed by atoms with Crippen LogP contribution in [0.25, 0.3) is 0 Å². The minimum atomic E-state index is 0.618. The fourth-order valence-corrected chi connectivity index (χ4v) is 3.92. The van der Waals surface area contributed by atoms with Gasteiger partial charge in [0.2, 0.25) is 0 Å². The maximum absolute atomic E-state index is 2.72. The van der Waals surface area contributed by atoms with Gasteiger partial charge in [-0.15, -0.1) is 0 Å². The molecule has 20 heavy (non-hydrogen) atoms. The number of hydrogen-bond donors (Lipinski definition) is 0. The molecule has 0 aromatic heterocycles. The molecular formula is C18H36N2. The second-order valence-electron chi connectivity index (χ2n) is 8.18. The van der Waals surface area contributed by atoms with Crippen molar-refractivity contribution >= 4 is 0 Å². The van der Waals surface area contributed by atoms with Crippen LogP contribution in [0, 0.1) is 17.3 Å². The first-order chi connectivity index (χ1) is 9.40. The van der Waals surface area contributed by atoms with E-state index in [1.165, 1.54) is 58.4 Å². The maximum atomic E-state index is 2.72. The Morgan fingerprint density at radius 2 is 1.50 bits per heavy atom. The van der Waals surface area contributed by atoms with Gasteiger partial charge in [-0.2, -0.15) is 0 Å². The van der Waals surface area contributed by atoms with Crippen LogP contribution in [0.5, 0.6) is 0 Å². The monoisotopic (exact) mass is 280 g/mol. The number of nitrogens with zero attached hydrogens (tertiary/aromatic N) is 2. The molecule has 0 aromatic carbocycles. The van der Waals surface area contributed by atoms with Gasteiger partial charge < -0.3 is 4.90 Å². The van der Waals surface area contributed by atoms with Crippen LogP contribution in [-0.4, -0.2) is 48.6 Å². The Morgan fingerprint density at radius 3 is 1.95 bits per heavy atom. The van der Waals surface area contributed by atoms with Crippen molar-refractivity contribution < 1.29 is 0 Å². The van der Waals surface area contributed by atoms with E-state index in [0.29, 0.717) is 5.41 Å². The predicted octanol–water partition coefficient (Wildman–Crippen LogP) is 3.86. The van der Waals surface area contributed by atoms with Crippen LogP contribution in [-0.2, 0) is 0 Å². The Balaban J connectivity index is 1.72. The van der Waals surface area contributed by atoms with Gasteiger partial charge in [0.05, 0.1) is 0 Å². The Bertz CT molecular complexity index is 282. The average Bonchev–Trinajstić information content (AvgIpc) is 2.42. The van der Waals surface area contributed by atoms with Crippen LogP contribution in [0.1, 0.15) is 60.3 Å². The Hall–Kier alpha value is -0.0800. The van der Waals surface area contributed by atoms with Crippen LogP contribution >= 0.6 is 0 Å². The Kier molecular flexibility index (Phi) is 5.53. The molecule has 0 bridgehead atoms. The molecule has 0 aromatic rings. The first-order valence-electron chi connectivity index (χ1n) is 8.87. The lowest BCUT2D eigenvalue weighted by Crippen LogP contribution is -2.50. The standard InChI is InChI=1S/C18H36N2/c1-15(2)18(5)8-6-17(7-9-18)14-19-10-12-20(13-11-19)16(3)4/h15-17H,6-14H2,1-5H3. The van der Waals surface area contributed by atoms with Gasteiger partial charge in [0.15, 0.2) is 0 Å². The molecule has 0 atom stereocenters. The SMILES string of the molecule is CC(C)N1CCN(CC2CCC(C)(C(C)C)CC2)CC1. The third-order valence-electron chi connectivity index (χ3n) is 6.29. The molecule has 1 saturated carbocycles. The summed E-state index contributed by atoms with van der Waals surface area (Å²) in [5.74, 6) is 1.81. The molecule has 0 N–H and O–H groups in total. The molecular weight excluding hydrogens is 244 g/mol. The van der Waals surface area contributed by atoms with Gasteiger partial charge in [0.1, 0.15) is 0 Å². The van der Waals surface area contributed by atoms with Gasteiger partial charge in [-0.1, -0.05) is 20.8 Å². The summed E-state index contributed by atoms with van der Waals surface area (Å²) in [4.78, 5) is 5.34. The van der Waals surface area contributed by atoms with Crippen LogP contribution in [0.4, 0.5) is 0 Å². The summed E-state index contributed by atoms with van der Waals surface area (Å²) < 4.78 is 0. The van der Waals surface area contributed by atoms with Crippen LogP contribution in [0.3, 0.4) is 0 Å². The smallest absolute Gasteiger partial charge is 0.0113 e. The van der Waals surface area contributed by atoms with Gasteiger partial charge in [-0.3, -0.25) is 4.90 Å². The predicted molar refractivity (Wildman–Crippen MR) is 88.1 cm³/mol. The highest BCUT2D eigenvalue weighted by atomic mass is 15.3. The van der Waals surface area contributed by atoms with Crippen molar-refractivity contribution in [3.63, 3.8) is 0 Å². The normalized spacial score (nSPS) is 34.0. The summed E-state index contributed by atoms with van der Waals surface area (Å²) in [5, 5.41) is 0. The largest absolute Gasteiger partial charge is 0.301 e. The summed E-state index contributed by atoms with van der Waals surface area (Å²) in [5.41, 5.74) is 0.618. The first kappa shape index (κ1) is 16.3. The van der Waals surface area contributed by atoms with E-state index < -0.39 is 0 Å². The lowest BCUT2D eigenvalue weighted by molar-refractivity contribution is 0.0642. The minimum absolute atomic E-state index is 0.618. The maximum Gasteiger partial charge on any atom is 0.0113 e. The molecule has 2 fully saturated rings.